The average Bonchev–Trinajstić information content (AvgIpc) is 2.28. The molecule has 0 aliphatic carbocycles. The summed E-state index contributed by atoms with van der Waals surface area (Å²) in [7, 11) is 0. The molecule has 0 fully saturated rings. The van der Waals surface area contributed by atoms with Crippen molar-refractivity contribution in [1.82, 2.24) is 0 Å². The number of hydrogen-bond donors (Lipinski definition) is 2. The van der Waals surface area contributed by atoms with Crippen LogP contribution in [0.1, 0.15) is 19.8 Å². The Labute approximate surface area is 108 Å². The van der Waals surface area contributed by atoms with E-state index in [9.17, 15) is 18.0 Å². The number of nitrogens with one attached hydrogen (secondary N) is 1. The summed E-state index contributed by atoms with van der Waals surface area (Å²) in [6.07, 6.45) is -3.93. The molecule has 0 saturated heterocycles. The predicted molar refractivity (Wildman–Crippen MR) is 63.1 cm³/mol. The molecule has 2 N–H and O–H groups in total. The van der Waals surface area contributed by atoms with Gasteiger partial charge in [0.2, 0.25) is 0 Å². The van der Waals surface area contributed by atoms with E-state index in [-0.39, 0.29) is 5.69 Å². The third-order valence-electron chi connectivity index (χ3n) is 2.32. The van der Waals surface area contributed by atoms with Crippen LogP contribution in [0.3, 0.4) is 0 Å². The molecule has 7 heteroatoms. The minimum atomic E-state index is -4.82. The van der Waals surface area contributed by atoms with Crippen LogP contribution in [-0.4, -0.2) is 23.5 Å². The molecular formula is C12H14F3NO3. The molecule has 1 aromatic rings. The van der Waals surface area contributed by atoms with E-state index in [2.05, 4.69) is 10.1 Å². The Kier molecular flexibility index (Phi) is 5.02. The first kappa shape index (κ1) is 15.1. The Morgan fingerprint density at radius 1 is 1.42 bits per heavy atom. The van der Waals surface area contributed by atoms with Crippen molar-refractivity contribution < 1.29 is 27.8 Å². The molecule has 4 nitrogen and oxygen atoms in total. The smallest absolute Gasteiger partial charge is 0.480 e. The zero-order valence-corrected chi connectivity index (χ0v) is 10.2. The SMILES string of the molecule is CCCC(Nc1ccccc1OC(F)(F)F)C(=O)O. The van der Waals surface area contributed by atoms with Gasteiger partial charge in [0, 0.05) is 0 Å². The molecular weight excluding hydrogens is 263 g/mol. The van der Waals surface area contributed by atoms with Crippen LogP contribution in [-0.2, 0) is 4.79 Å². The first-order valence-electron chi connectivity index (χ1n) is 5.67. The molecule has 106 valence electrons. The van der Waals surface area contributed by atoms with Crippen molar-refractivity contribution in [3.63, 3.8) is 0 Å². The van der Waals surface area contributed by atoms with Gasteiger partial charge in [0.15, 0.2) is 5.75 Å². The number of carboxylic acids is 1. The number of carboxylic acid groups (broad SMARTS) is 1. The van der Waals surface area contributed by atoms with E-state index in [4.69, 9.17) is 5.11 Å². The van der Waals surface area contributed by atoms with Gasteiger partial charge < -0.3 is 15.2 Å². The molecule has 0 spiro atoms. The highest BCUT2D eigenvalue weighted by atomic mass is 19.4. The van der Waals surface area contributed by atoms with E-state index in [1.165, 1.54) is 18.2 Å². The van der Waals surface area contributed by atoms with E-state index in [0.29, 0.717) is 12.8 Å². The lowest BCUT2D eigenvalue weighted by atomic mass is 10.1. The number of para-hydroxylation sites is 2. The van der Waals surface area contributed by atoms with Gasteiger partial charge in [-0.05, 0) is 18.6 Å². The average molecular weight is 277 g/mol. The highest BCUT2D eigenvalue weighted by Gasteiger charge is 2.32. The molecule has 0 aromatic heterocycles. The summed E-state index contributed by atoms with van der Waals surface area (Å²) >= 11 is 0. The Morgan fingerprint density at radius 2 is 2.05 bits per heavy atom. The maximum Gasteiger partial charge on any atom is 0.573 e. The quantitative estimate of drug-likeness (QED) is 0.838. The highest BCUT2D eigenvalue weighted by Crippen LogP contribution is 2.30. The number of carbonyl (C=O) groups is 1. The van der Waals surface area contributed by atoms with E-state index in [1.54, 1.807) is 6.92 Å². The fourth-order valence-corrected chi connectivity index (χ4v) is 1.53. The fourth-order valence-electron chi connectivity index (χ4n) is 1.53. The summed E-state index contributed by atoms with van der Waals surface area (Å²) in [5.74, 6) is -1.57. The number of halogens is 3. The third-order valence-corrected chi connectivity index (χ3v) is 2.32. The Balaban J connectivity index is 2.90. The van der Waals surface area contributed by atoms with Gasteiger partial charge >= 0.3 is 12.3 Å². The molecule has 0 aliphatic rings. The number of ether oxygens (including phenoxy) is 1. The molecule has 19 heavy (non-hydrogen) atoms. The normalized spacial score (nSPS) is 12.8. The van der Waals surface area contributed by atoms with Crippen molar-refractivity contribution in [2.24, 2.45) is 0 Å². The van der Waals surface area contributed by atoms with Crippen LogP contribution in [0.2, 0.25) is 0 Å². The number of rotatable bonds is 6. The van der Waals surface area contributed by atoms with Crippen molar-refractivity contribution in [2.45, 2.75) is 32.2 Å². The minimum absolute atomic E-state index is 0.000625. The summed E-state index contributed by atoms with van der Waals surface area (Å²) in [6.45, 7) is 1.79. The molecule has 0 aliphatic heterocycles. The zero-order chi connectivity index (χ0) is 14.5. The van der Waals surface area contributed by atoms with Crippen LogP contribution >= 0.6 is 0 Å². The topological polar surface area (TPSA) is 58.6 Å². The lowest BCUT2D eigenvalue weighted by molar-refractivity contribution is -0.274. The van der Waals surface area contributed by atoms with Crippen molar-refractivity contribution in [3.05, 3.63) is 24.3 Å². The molecule has 1 aromatic carbocycles. The van der Waals surface area contributed by atoms with Gasteiger partial charge in [-0.1, -0.05) is 25.5 Å². The summed E-state index contributed by atoms with van der Waals surface area (Å²) in [5.41, 5.74) is 0.000625. The van der Waals surface area contributed by atoms with E-state index >= 15 is 0 Å². The Morgan fingerprint density at radius 3 is 2.58 bits per heavy atom. The Bertz CT molecular complexity index is 434. The summed E-state index contributed by atoms with van der Waals surface area (Å²) in [5, 5.41) is 11.5. The van der Waals surface area contributed by atoms with Crippen LogP contribution < -0.4 is 10.1 Å². The number of aliphatic carboxylic acids is 1. The second-order valence-corrected chi connectivity index (χ2v) is 3.87. The zero-order valence-electron chi connectivity index (χ0n) is 10.2. The summed E-state index contributed by atoms with van der Waals surface area (Å²) in [6, 6.07) is 4.38. The summed E-state index contributed by atoms with van der Waals surface area (Å²) in [4.78, 5) is 11.0. The molecule has 1 atom stereocenters. The van der Waals surface area contributed by atoms with E-state index < -0.39 is 24.1 Å². The second kappa shape index (κ2) is 6.31. The number of anilines is 1. The molecule has 0 amide bonds. The fraction of sp³-hybridized carbons (Fsp3) is 0.417. The van der Waals surface area contributed by atoms with Gasteiger partial charge in [-0.15, -0.1) is 13.2 Å². The number of benzene rings is 1. The van der Waals surface area contributed by atoms with Crippen molar-refractivity contribution >= 4 is 11.7 Å². The van der Waals surface area contributed by atoms with Crippen LogP contribution in [0.4, 0.5) is 18.9 Å². The highest BCUT2D eigenvalue weighted by molar-refractivity contribution is 5.78. The molecule has 1 rings (SSSR count). The van der Waals surface area contributed by atoms with Gasteiger partial charge in [-0.2, -0.15) is 0 Å². The van der Waals surface area contributed by atoms with Gasteiger partial charge in [0.05, 0.1) is 5.69 Å². The van der Waals surface area contributed by atoms with Crippen molar-refractivity contribution in [2.75, 3.05) is 5.32 Å². The monoisotopic (exact) mass is 277 g/mol. The number of hydrogen-bond acceptors (Lipinski definition) is 3. The first-order chi connectivity index (χ1) is 8.83. The second-order valence-electron chi connectivity index (χ2n) is 3.87. The van der Waals surface area contributed by atoms with Crippen LogP contribution in [0, 0.1) is 0 Å². The van der Waals surface area contributed by atoms with Gasteiger partial charge in [0.25, 0.3) is 0 Å². The minimum Gasteiger partial charge on any atom is -0.480 e. The van der Waals surface area contributed by atoms with Gasteiger partial charge in [-0.3, -0.25) is 0 Å². The summed E-state index contributed by atoms with van der Waals surface area (Å²) < 4.78 is 40.4. The van der Waals surface area contributed by atoms with E-state index in [1.807, 2.05) is 0 Å². The van der Waals surface area contributed by atoms with Crippen molar-refractivity contribution in [1.29, 1.82) is 0 Å². The molecule has 0 saturated carbocycles. The maximum absolute atomic E-state index is 12.2. The molecule has 0 radical (unpaired) electrons. The van der Waals surface area contributed by atoms with Crippen molar-refractivity contribution in [3.8, 4) is 5.75 Å². The number of alkyl halides is 3. The van der Waals surface area contributed by atoms with Gasteiger partial charge in [0.1, 0.15) is 6.04 Å². The van der Waals surface area contributed by atoms with Crippen LogP contribution in [0.5, 0.6) is 5.75 Å². The standard InChI is InChI=1S/C12H14F3NO3/c1-2-5-9(11(17)18)16-8-6-3-4-7-10(8)19-12(13,14)15/h3-4,6-7,9,16H,2,5H2,1H3,(H,17,18). The first-order valence-corrected chi connectivity index (χ1v) is 5.67. The molecule has 1 unspecified atom stereocenters. The lowest BCUT2D eigenvalue weighted by Gasteiger charge is -2.18. The molecule has 0 bridgehead atoms. The van der Waals surface area contributed by atoms with E-state index in [0.717, 1.165) is 6.07 Å². The van der Waals surface area contributed by atoms with Crippen LogP contribution in [0.15, 0.2) is 24.3 Å². The third kappa shape index (κ3) is 5.07. The largest absolute Gasteiger partial charge is 0.573 e. The van der Waals surface area contributed by atoms with Crippen LogP contribution in [0.25, 0.3) is 0 Å². The lowest BCUT2D eigenvalue weighted by Crippen LogP contribution is -2.29. The molecule has 0 heterocycles. The van der Waals surface area contributed by atoms with Gasteiger partial charge in [-0.25, -0.2) is 4.79 Å². The Hall–Kier alpha value is -1.92. The maximum atomic E-state index is 12.2. The predicted octanol–water partition coefficient (Wildman–Crippen LogP) is 3.25.